The van der Waals surface area contributed by atoms with Crippen molar-refractivity contribution in [1.82, 2.24) is 4.98 Å². The van der Waals surface area contributed by atoms with Crippen LogP contribution in [0.2, 0.25) is 10.0 Å². The van der Waals surface area contributed by atoms with Crippen LogP contribution < -0.4 is 11.1 Å². The van der Waals surface area contributed by atoms with Crippen molar-refractivity contribution in [3.05, 3.63) is 16.1 Å². The van der Waals surface area contributed by atoms with E-state index in [2.05, 4.69) is 10.3 Å². The van der Waals surface area contributed by atoms with Crippen molar-refractivity contribution >= 4 is 46.7 Å². The highest BCUT2D eigenvalue weighted by Gasteiger charge is 2.10. The molecule has 0 aromatic carbocycles. The number of primary amides is 1. The summed E-state index contributed by atoms with van der Waals surface area (Å²) in [6.45, 7) is 2.81. The highest BCUT2D eigenvalue weighted by Crippen LogP contribution is 2.31. The molecule has 0 saturated heterocycles. The molecular weight excluding hydrogens is 281 g/mol. The Labute approximate surface area is 114 Å². The highest BCUT2D eigenvalue weighted by molar-refractivity contribution is 8.00. The van der Waals surface area contributed by atoms with Crippen molar-refractivity contribution in [2.24, 2.45) is 5.73 Å². The maximum Gasteiger partial charge on any atom is 0.227 e. The van der Waals surface area contributed by atoms with Gasteiger partial charge in [0, 0.05) is 6.54 Å². The third-order valence-corrected chi connectivity index (χ3v) is 3.49. The first-order valence-corrected chi connectivity index (χ1v) is 6.79. The molecule has 3 N–H and O–H groups in total. The Morgan fingerprint density at radius 3 is 2.82 bits per heavy atom. The summed E-state index contributed by atoms with van der Waals surface area (Å²) >= 11 is 13.2. The third-order valence-electron chi connectivity index (χ3n) is 1.79. The zero-order chi connectivity index (χ0) is 12.8. The number of amides is 1. The summed E-state index contributed by atoms with van der Waals surface area (Å²) in [5, 5.41) is 4.52. The molecule has 0 spiro atoms. The number of aromatic nitrogens is 1. The number of hydrogen-bond donors (Lipinski definition) is 2. The second-order valence-corrected chi connectivity index (χ2v) is 5.07. The average Bonchev–Trinajstić information content (AvgIpc) is 2.26. The van der Waals surface area contributed by atoms with Crippen molar-refractivity contribution in [3.63, 3.8) is 0 Å². The van der Waals surface area contributed by atoms with E-state index in [9.17, 15) is 4.79 Å². The smallest absolute Gasteiger partial charge is 0.227 e. The molecule has 0 atom stereocenters. The normalized spacial score (nSPS) is 10.3. The zero-order valence-corrected chi connectivity index (χ0v) is 11.6. The number of carbonyl (C=O) groups is 1. The lowest BCUT2D eigenvalue weighted by molar-refractivity contribution is -0.115. The van der Waals surface area contributed by atoms with Crippen molar-refractivity contribution in [2.45, 2.75) is 18.4 Å². The predicted molar refractivity (Wildman–Crippen MR) is 73.0 cm³/mol. The molecule has 0 saturated carbocycles. The molecule has 0 aliphatic heterocycles. The van der Waals surface area contributed by atoms with Crippen LogP contribution >= 0.6 is 35.0 Å². The van der Waals surface area contributed by atoms with Gasteiger partial charge in [-0.15, -0.1) is 0 Å². The van der Waals surface area contributed by atoms with Gasteiger partial charge in [-0.2, -0.15) is 0 Å². The van der Waals surface area contributed by atoms with Crippen LogP contribution in [-0.4, -0.2) is 23.2 Å². The molecule has 4 nitrogen and oxygen atoms in total. The molecule has 0 radical (unpaired) electrons. The summed E-state index contributed by atoms with van der Waals surface area (Å²) in [5.74, 6) is 0.303. The molecule has 94 valence electrons. The first kappa shape index (κ1) is 14.4. The van der Waals surface area contributed by atoms with Gasteiger partial charge in [0.2, 0.25) is 5.91 Å². The van der Waals surface area contributed by atoms with Gasteiger partial charge in [0.15, 0.2) is 0 Å². The number of nitrogens with zero attached hydrogens (tertiary/aromatic N) is 1. The Balaban J connectivity index is 2.85. The van der Waals surface area contributed by atoms with Crippen molar-refractivity contribution in [1.29, 1.82) is 0 Å². The van der Waals surface area contributed by atoms with E-state index in [4.69, 9.17) is 28.9 Å². The summed E-state index contributed by atoms with van der Waals surface area (Å²) in [4.78, 5) is 15.0. The van der Waals surface area contributed by atoms with E-state index in [0.717, 1.165) is 13.0 Å². The van der Waals surface area contributed by atoms with Gasteiger partial charge in [-0.1, -0.05) is 41.9 Å². The minimum atomic E-state index is -0.411. The van der Waals surface area contributed by atoms with Gasteiger partial charge in [0.1, 0.15) is 10.8 Å². The molecule has 17 heavy (non-hydrogen) atoms. The number of anilines is 1. The topological polar surface area (TPSA) is 68.0 Å². The lowest BCUT2D eigenvalue weighted by atomic mass is 10.4. The molecule has 1 aromatic heterocycles. The maximum absolute atomic E-state index is 10.7. The molecule has 1 aromatic rings. The monoisotopic (exact) mass is 293 g/mol. The van der Waals surface area contributed by atoms with E-state index in [1.165, 1.54) is 11.8 Å². The highest BCUT2D eigenvalue weighted by atomic mass is 35.5. The Morgan fingerprint density at radius 2 is 2.24 bits per heavy atom. The maximum atomic E-state index is 10.7. The molecule has 0 aliphatic carbocycles. The molecule has 1 heterocycles. The third kappa shape index (κ3) is 4.61. The van der Waals surface area contributed by atoms with E-state index < -0.39 is 5.91 Å². The minimum Gasteiger partial charge on any atom is -0.369 e. The second-order valence-electron chi connectivity index (χ2n) is 3.29. The van der Waals surface area contributed by atoms with Gasteiger partial charge in [0.25, 0.3) is 0 Å². The molecule has 0 bridgehead atoms. The number of halogens is 2. The molecular formula is C10H13Cl2N3OS. The summed E-state index contributed by atoms with van der Waals surface area (Å²) in [5.41, 5.74) is 5.07. The molecule has 0 fully saturated rings. The molecule has 7 heteroatoms. The van der Waals surface area contributed by atoms with E-state index in [1.807, 2.05) is 6.92 Å². The Bertz CT molecular complexity index is 415. The fourth-order valence-electron chi connectivity index (χ4n) is 1.06. The Kier molecular flexibility index (Phi) is 5.88. The molecule has 0 aliphatic rings. The van der Waals surface area contributed by atoms with Crippen LogP contribution in [-0.2, 0) is 4.79 Å². The quantitative estimate of drug-likeness (QED) is 0.792. The number of hydrogen-bond acceptors (Lipinski definition) is 4. The zero-order valence-electron chi connectivity index (χ0n) is 9.30. The molecule has 0 unspecified atom stereocenters. The lowest BCUT2D eigenvalue weighted by Crippen LogP contribution is -2.13. The van der Waals surface area contributed by atoms with E-state index in [1.54, 1.807) is 6.07 Å². The fourth-order valence-corrected chi connectivity index (χ4v) is 2.28. The number of thioether (sulfide) groups is 1. The van der Waals surface area contributed by atoms with Gasteiger partial charge < -0.3 is 11.1 Å². The number of rotatable bonds is 6. The van der Waals surface area contributed by atoms with Gasteiger partial charge in [-0.05, 0) is 12.5 Å². The van der Waals surface area contributed by atoms with Crippen molar-refractivity contribution < 1.29 is 4.79 Å². The predicted octanol–water partition coefficient (Wildman–Crippen LogP) is 2.79. The van der Waals surface area contributed by atoms with Crippen LogP contribution in [0, 0.1) is 0 Å². The summed E-state index contributed by atoms with van der Waals surface area (Å²) in [7, 11) is 0. The summed E-state index contributed by atoms with van der Waals surface area (Å²) in [6.07, 6.45) is 0.963. The Morgan fingerprint density at radius 1 is 1.53 bits per heavy atom. The number of nitrogens with two attached hydrogens (primary N) is 1. The van der Waals surface area contributed by atoms with Crippen LogP contribution in [0.15, 0.2) is 11.1 Å². The second kappa shape index (κ2) is 6.93. The summed E-state index contributed by atoms with van der Waals surface area (Å²) in [6, 6.07) is 1.61. The van der Waals surface area contributed by atoms with E-state index >= 15 is 0 Å². The van der Waals surface area contributed by atoms with Gasteiger partial charge in [-0.25, -0.2) is 4.98 Å². The van der Waals surface area contributed by atoms with Crippen molar-refractivity contribution in [3.8, 4) is 0 Å². The van der Waals surface area contributed by atoms with E-state index in [0.29, 0.717) is 20.9 Å². The lowest BCUT2D eigenvalue weighted by Gasteiger charge is -2.09. The van der Waals surface area contributed by atoms with Gasteiger partial charge in [-0.3, -0.25) is 4.79 Å². The first-order chi connectivity index (χ1) is 8.04. The van der Waals surface area contributed by atoms with Gasteiger partial charge >= 0.3 is 0 Å². The van der Waals surface area contributed by atoms with Crippen LogP contribution in [0.4, 0.5) is 5.82 Å². The number of pyridine rings is 1. The largest absolute Gasteiger partial charge is 0.369 e. The summed E-state index contributed by atoms with van der Waals surface area (Å²) < 4.78 is 0. The van der Waals surface area contributed by atoms with Crippen LogP contribution in [0.1, 0.15) is 13.3 Å². The number of carbonyl (C=O) groups excluding carboxylic acids is 1. The minimum absolute atomic E-state index is 0.140. The van der Waals surface area contributed by atoms with E-state index in [-0.39, 0.29) is 5.75 Å². The fraction of sp³-hybridized carbons (Fsp3) is 0.400. The standard InChI is InChI=1S/C10H13Cl2N3OS/c1-2-3-14-9-6(11)4-7(12)10(15-9)17-5-8(13)16/h4H,2-3,5H2,1H3,(H2,13,16)(H,14,15). The SMILES string of the molecule is CCCNc1nc(SCC(N)=O)c(Cl)cc1Cl. The van der Waals surface area contributed by atoms with Crippen LogP contribution in [0.3, 0.4) is 0 Å². The number of nitrogens with one attached hydrogen (secondary N) is 1. The van der Waals surface area contributed by atoms with Gasteiger partial charge in [0.05, 0.1) is 15.8 Å². The average molecular weight is 294 g/mol. The van der Waals surface area contributed by atoms with Crippen LogP contribution in [0.5, 0.6) is 0 Å². The Hall–Kier alpha value is -0.650. The molecule has 1 rings (SSSR count). The van der Waals surface area contributed by atoms with Crippen molar-refractivity contribution in [2.75, 3.05) is 17.6 Å². The molecule has 1 amide bonds. The van der Waals surface area contributed by atoms with Crippen LogP contribution in [0.25, 0.3) is 0 Å². The first-order valence-electron chi connectivity index (χ1n) is 5.05.